The van der Waals surface area contributed by atoms with Gasteiger partial charge in [0.2, 0.25) is 15.8 Å². The van der Waals surface area contributed by atoms with Crippen molar-refractivity contribution in [3.63, 3.8) is 0 Å². The second-order valence-corrected chi connectivity index (χ2v) is 9.77. The van der Waals surface area contributed by atoms with Crippen LogP contribution in [0.3, 0.4) is 0 Å². The fraction of sp³-hybridized carbons (Fsp3) is 0.364. The van der Waals surface area contributed by atoms with Crippen LogP contribution in [0.5, 0.6) is 0 Å². The average Bonchev–Trinajstić information content (AvgIpc) is 3.21. The van der Waals surface area contributed by atoms with E-state index in [1.54, 1.807) is 28.6 Å². The first-order valence-electron chi connectivity index (χ1n) is 9.86. The zero-order valence-electron chi connectivity index (χ0n) is 16.9. The van der Waals surface area contributed by atoms with Gasteiger partial charge in [0, 0.05) is 24.2 Å². The number of aromatic nitrogens is 2. The Labute approximate surface area is 171 Å². The molecule has 0 unspecified atom stereocenters. The average molecular weight is 412 g/mol. The molecule has 1 saturated heterocycles. The molecule has 29 heavy (non-hydrogen) atoms. The number of hydrogen-bond donors (Lipinski definition) is 0. The van der Waals surface area contributed by atoms with Crippen LogP contribution in [-0.2, 0) is 10.0 Å². The number of hydrogen-bond acceptors (Lipinski definition) is 5. The predicted molar refractivity (Wildman–Crippen MR) is 112 cm³/mol. The highest BCUT2D eigenvalue weighted by atomic mass is 32.2. The molecule has 0 aliphatic carbocycles. The molecular formula is C22H25N3O3S. The first-order chi connectivity index (χ1) is 13.8. The monoisotopic (exact) mass is 411 g/mol. The zero-order chi connectivity index (χ0) is 20.6. The van der Waals surface area contributed by atoms with E-state index in [2.05, 4.69) is 24.0 Å². The van der Waals surface area contributed by atoms with Gasteiger partial charge in [-0.3, -0.25) is 0 Å². The summed E-state index contributed by atoms with van der Waals surface area (Å²) in [4.78, 5) is 4.77. The summed E-state index contributed by atoms with van der Waals surface area (Å²) in [7, 11) is -3.46. The van der Waals surface area contributed by atoms with Gasteiger partial charge in [-0.05, 0) is 80.1 Å². The van der Waals surface area contributed by atoms with Crippen molar-refractivity contribution in [3.05, 3.63) is 53.6 Å². The molecule has 0 N–H and O–H groups in total. The van der Waals surface area contributed by atoms with E-state index in [1.165, 1.54) is 5.56 Å². The minimum absolute atomic E-state index is 0.300. The first-order valence-corrected chi connectivity index (χ1v) is 11.3. The van der Waals surface area contributed by atoms with Crippen molar-refractivity contribution >= 4 is 10.0 Å². The molecule has 2 aromatic carbocycles. The number of rotatable bonds is 4. The lowest BCUT2D eigenvalue weighted by atomic mass is 10.0. The maximum atomic E-state index is 12.9. The SMILES string of the molecule is Cc1ccc(-c2nc(-c3ccc(S(=O)(=O)N4CCC(C)CC4)cc3)no2)cc1C. The highest BCUT2D eigenvalue weighted by molar-refractivity contribution is 7.89. The van der Waals surface area contributed by atoms with Crippen molar-refractivity contribution in [2.45, 2.75) is 38.5 Å². The molecule has 152 valence electrons. The van der Waals surface area contributed by atoms with E-state index in [0.29, 0.717) is 35.6 Å². The van der Waals surface area contributed by atoms with E-state index in [9.17, 15) is 8.42 Å². The zero-order valence-corrected chi connectivity index (χ0v) is 17.7. The second-order valence-electron chi connectivity index (χ2n) is 7.83. The normalized spacial score (nSPS) is 16.2. The van der Waals surface area contributed by atoms with E-state index in [-0.39, 0.29) is 0 Å². The van der Waals surface area contributed by atoms with Gasteiger partial charge in [-0.25, -0.2) is 8.42 Å². The molecule has 3 aromatic rings. The van der Waals surface area contributed by atoms with Crippen LogP contribution in [0.15, 0.2) is 51.9 Å². The van der Waals surface area contributed by atoms with Crippen molar-refractivity contribution in [1.82, 2.24) is 14.4 Å². The molecule has 1 fully saturated rings. The Morgan fingerprint density at radius 1 is 0.966 bits per heavy atom. The standard InChI is InChI=1S/C22H25N3O3S/c1-15-10-12-25(13-11-15)29(26,27)20-8-6-18(7-9-20)21-23-22(28-24-21)19-5-4-16(2)17(3)14-19/h4-9,14-15H,10-13H2,1-3H3. The molecule has 0 amide bonds. The number of nitrogens with zero attached hydrogens (tertiary/aromatic N) is 3. The smallest absolute Gasteiger partial charge is 0.258 e. The summed E-state index contributed by atoms with van der Waals surface area (Å²) in [6, 6.07) is 12.7. The number of aryl methyl sites for hydroxylation is 2. The molecule has 1 aliphatic rings. The minimum atomic E-state index is -3.46. The fourth-order valence-corrected chi connectivity index (χ4v) is 4.95. The van der Waals surface area contributed by atoms with Gasteiger partial charge in [0.05, 0.1) is 4.90 Å². The maximum Gasteiger partial charge on any atom is 0.258 e. The molecule has 2 heterocycles. The Balaban J connectivity index is 1.55. The molecule has 6 nitrogen and oxygen atoms in total. The second kappa shape index (κ2) is 7.72. The van der Waals surface area contributed by atoms with E-state index < -0.39 is 10.0 Å². The van der Waals surface area contributed by atoms with Crippen LogP contribution in [0.25, 0.3) is 22.8 Å². The van der Waals surface area contributed by atoms with Crippen LogP contribution in [0.1, 0.15) is 30.9 Å². The van der Waals surface area contributed by atoms with Gasteiger partial charge >= 0.3 is 0 Å². The van der Waals surface area contributed by atoms with Crippen LogP contribution in [0, 0.1) is 19.8 Å². The largest absolute Gasteiger partial charge is 0.334 e. The van der Waals surface area contributed by atoms with Crippen molar-refractivity contribution in [2.75, 3.05) is 13.1 Å². The molecule has 0 saturated carbocycles. The van der Waals surface area contributed by atoms with Gasteiger partial charge in [-0.2, -0.15) is 9.29 Å². The number of piperidine rings is 1. The summed E-state index contributed by atoms with van der Waals surface area (Å²) < 4.78 is 32.7. The van der Waals surface area contributed by atoms with Gasteiger partial charge in [-0.15, -0.1) is 0 Å². The van der Waals surface area contributed by atoms with Crippen molar-refractivity contribution in [3.8, 4) is 22.8 Å². The summed E-state index contributed by atoms with van der Waals surface area (Å²) in [6.45, 7) is 7.41. The Morgan fingerprint density at radius 2 is 1.62 bits per heavy atom. The lowest BCUT2D eigenvalue weighted by Gasteiger charge is -2.29. The fourth-order valence-electron chi connectivity index (χ4n) is 3.48. The summed E-state index contributed by atoms with van der Waals surface area (Å²) in [6.07, 6.45) is 1.81. The molecule has 0 radical (unpaired) electrons. The van der Waals surface area contributed by atoms with E-state index in [4.69, 9.17) is 4.52 Å². The third-order valence-electron chi connectivity index (χ3n) is 5.67. The van der Waals surface area contributed by atoms with Crippen LogP contribution < -0.4 is 0 Å². The molecule has 0 spiro atoms. The number of benzene rings is 2. The van der Waals surface area contributed by atoms with Crippen LogP contribution >= 0.6 is 0 Å². The Kier molecular flexibility index (Phi) is 5.27. The third kappa shape index (κ3) is 3.97. The maximum absolute atomic E-state index is 12.9. The summed E-state index contributed by atoms with van der Waals surface area (Å²) in [5.74, 6) is 1.46. The molecule has 0 bridgehead atoms. The van der Waals surface area contributed by atoms with Gasteiger partial charge in [0.25, 0.3) is 5.89 Å². The van der Waals surface area contributed by atoms with E-state index >= 15 is 0 Å². The lowest BCUT2D eigenvalue weighted by molar-refractivity contribution is 0.288. The predicted octanol–water partition coefficient (Wildman–Crippen LogP) is 4.44. The third-order valence-corrected chi connectivity index (χ3v) is 7.59. The molecule has 0 atom stereocenters. The topological polar surface area (TPSA) is 76.3 Å². The van der Waals surface area contributed by atoms with Gasteiger partial charge in [0.1, 0.15) is 0 Å². The highest BCUT2D eigenvalue weighted by Gasteiger charge is 2.28. The molecule has 1 aliphatic heterocycles. The van der Waals surface area contributed by atoms with Crippen molar-refractivity contribution in [1.29, 1.82) is 0 Å². The Hall–Kier alpha value is -2.51. The van der Waals surface area contributed by atoms with Crippen LogP contribution in [0.4, 0.5) is 0 Å². The van der Waals surface area contributed by atoms with Gasteiger partial charge in [-0.1, -0.05) is 18.1 Å². The quantitative estimate of drug-likeness (QED) is 0.634. The first kappa shape index (κ1) is 19.8. The van der Waals surface area contributed by atoms with E-state index in [1.807, 2.05) is 25.1 Å². The van der Waals surface area contributed by atoms with Crippen molar-refractivity contribution < 1.29 is 12.9 Å². The Morgan fingerprint density at radius 3 is 2.28 bits per heavy atom. The summed E-state index contributed by atoms with van der Waals surface area (Å²) in [5.41, 5.74) is 3.94. The number of sulfonamides is 1. The molecule has 4 rings (SSSR count). The molecule has 1 aromatic heterocycles. The molecular weight excluding hydrogens is 386 g/mol. The van der Waals surface area contributed by atoms with Crippen LogP contribution in [0.2, 0.25) is 0 Å². The summed E-state index contributed by atoms with van der Waals surface area (Å²) >= 11 is 0. The minimum Gasteiger partial charge on any atom is -0.334 e. The van der Waals surface area contributed by atoms with Gasteiger partial charge < -0.3 is 4.52 Å². The van der Waals surface area contributed by atoms with E-state index in [0.717, 1.165) is 29.5 Å². The van der Waals surface area contributed by atoms with Crippen LogP contribution in [-0.4, -0.2) is 36.0 Å². The lowest BCUT2D eigenvalue weighted by Crippen LogP contribution is -2.37. The van der Waals surface area contributed by atoms with Gasteiger partial charge in [0.15, 0.2) is 0 Å². The summed E-state index contributed by atoms with van der Waals surface area (Å²) in [5, 5.41) is 4.06. The Bertz CT molecular complexity index is 1110. The van der Waals surface area contributed by atoms with Crippen molar-refractivity contribution in [2.24, 2.45) is 5.92 Å². The highest BCUT2D eigenvalue weighted by Crippen LogP contribution is 2.27. The molecule has 7 heteroatoms.